The van der Waals surface area contributed by atoms with Crippen molar-refractivity contribution in [2.24, 2.45) is 5.92 Å². The van der Waals surface area contributed by atoms with Gasteiger partial charge in [0, 0.05) is 12.0 Å². The van der Waals surface area contributed by atoms with Crippen molar-refractivity contribution < 1.29 is 4.55 Å². The fourth-order valence-corrected chi connectivity index (χ4v) is 1.73. The summed E-state index contributed by atoms with van der Waals surface area (Å²) in [6, 6.07) is 0. The average Bonchev–Trinajstić information content (AvgIpc) is 2.03. The minimum absolute atomic E-state index is 0.247. The van der Waals surface area contributed by atoms with Crippen molar-refractivity contribution in [1.82, 2.24) is 0 Å². The standard InChI is InChI=1S/C10H18OS/c1-5-7-10(12-11,8-6-2)9(3)4/h5-9,11H,1-4H3. The van der Waals surface area contributed by atoms with Crippen molar-refractivity contribution in [3.8, 4) is 0 Å². The van der Waals surface area contributed by atoms with Crippen molar-refractivity contribution in [2.45, 2.75) is 32.4 Å². The molecule has 0 bridgehead atoms. The first-order valence-electron chi connectivity index (χ1n) is 4.23. The first-order valence-corrected chi connectivity index (χ1v) is 5.00. The lowest BCUT2D eigenvalue weighted by Crippen LogP contribution is -2.25. The summed E-state index contributed by atoms with van der Waals surface area (Å²) in [6.07, 6.45) is 8.01. The van der Waals surface area contributed by atoms with Crippen LogP contribution in [0.15, 0.2) is 24.3 Å². The maximum absolute atomic E-state index is 9.22. The van der Waals surface area contributed by atoms with E-state index in [1.807, 2.05) is 38.2 Å². The Morgan fingerprint density at radius 1 is 1.17 bits per heavy atom. The molecule has 0 atom stereocenters. The van der Waals surface area contributed by atoms with Crippen molar-refractivity contribution in [3.05, 3.63) is 24.3 Å². The molecule has 0 radical (unpaired) electrons. The Morgan fingerprint density at radius 2 is 1.58 bits per heavy atom. The molecule has 0 heterocycles. The van der Waals surface area contributed by atoms with Gasteiger partial charge in [0.1, 0.15) is 0 Å². The highest BCUT2D eigenvalue weighted by Gasteiger charge is 2.28. The van der Waals surface area contributed by atoms with Gasteiger partial charge in [0.15, 0.2) is 0 Å². The predicted molar refractivity (Wildman–Crippen MR) is 57.4 cm³/mol. The molecule has 0 aromatic carbocycles. The molecular weight excluding hydrogens is 168 g/mol. The van der Waals surface area contributed by atoms with Gasteiger partial charge in [-0.05, 0) is 19.8 Å². The summed E-state index contributed by atoms with van der Waals surface area (Å²) in [6.45, 7) is 8.14. The third-order valence-corrected chi connectivity index (χ3v) is 2.97. The van der Waals surface area contributed by atoms with Crippen LogP contribution >= 0.6 is 12.0 Å². The summed E-state index contributed by atoms with van der Waals surface area (Å²) < 4.78 is 8.98. The highest BCUT2D eigenvalue weighted by Crippen LogP contribution is 2.34. The van der Waals surface area contributed by atoms with Crippen LogP contribution in [-0.4, -0.2) is 9.30 Å². The Morgan fingerprint density at radius 3 is 1.75 bits per heavy atom. The van der Waals surface area contributed by atoms with Gasteiger partial charge in [0.2, 0.25) is 0 Å². The van der Waals surface area contributed by atoms with Crippen molar-refractivity contribution >= 4 is 12.0 Å². The lowest BCUT2D eigenvalue weighted by atomic mass is 9.94. The van der Waals surface area contributed by atoms with Crippen LogP contribution in [0.1, 0.15) is 27.7 Å². The Bertz CT molecular complexity index is 159. The second kappa shape index (κ2) is 5.44. The SMILES string of the molecule is CC=CC(C=CC)(SO)C(C)C. The van der Waals surface area contributed by atoms with E-state index < -0.39 is 0 Å². The Hall–Kier alpha value is -0.210. The van der Waals surface area contributed by atoms with Crippen LogP contribution in [0.5, 0.6) is 0 Å². The van der Waals surface area contributed by atoms with E-state index >= 15 is 0 Å². The van der Waals surface area contributed by atoms with Gasteiger partial charge in [-0.2, -0.15) is 0 Å². The molecule has 0 aromatic rings. The molecule has 0 aliphatic rings. The van der Waals surface area contributed by atoms with Crippen LogP contribution in [0.2, 0.25) is 0 Å². The van der Waals surface area contributed by atoms with E-state index in [9.17, 15) is 4.55 Å². The van der Waals surface area contributed by atoms with Crippen molar-refractivity contribution in [1.29, 1.82) is 0 Å². The lowest BCUT2D eigenvalue weighted by Gasteiger charge is -2.27. The van der Waals surface area contributed by atoms with Gasteiger partial charge < -0.3 is 4.55 Å². The van der Waals surface area contributed by atoms with Crippen LogP contribution in [0, 0.1) is 5.92 Å². The van der Waals surface area contributed by atoms with Crippen molar-refractivity contribution in [3.63, 3.8) is 0 Å². The second-order valence-electron chi connectivity index (χ2n) is 3.10. The van der Waals surface area contributed by atoms with Gasteiger partial charge in [0.05, 0.1) is 4.75 Å². The summed E-state index contributed by atoms with van der Waals surface area (Å²) in [4.78, 5) is 0. The minimum atomic E-state index is -0.247. The molecule has 2 heteroatoms. The quantitative estimate of drug-likeness (QED) is 0.533. The van der Waals surface area contributed by atoms with E-state index in [4.69, 9.17) is 0 Å². The smallest absolute Gasteiger partial charge is 0.0801 e. The van der Waals surface area contributed by atoms with E-state index in [0.29, 0.717) is 5.92 Å². The first kappa shape index (κ1) is 11.8. The molecule has 0 unspecified atom stereocenters. The van der Waals surface area contributed by atoms with Crippen LogP contribution in [-0.2, 0) is 0 Å². The zero-order valence-electron chi connectivity index (χ0n) is 8.24. The highest BCUT2D eigenvalue weighted by molar-refractivity contribution is 7.95. The van der Waals surface area contributed by atoms with E-state index in [-0.39, 0.29) is 4.75 Å². The van der Waals surface area contributed by atoms with Crippen LogP contribution in [0.4, 0.5) is 0 Å². The highest BCUT2D eigenvalue weighted by atomic mass is 32.2. The molecule has 0 aliphatic carbocycles. The van der Waals surface area contributed by atoms with Gasteiger partial charge in [-0.25, -0.2) is 0 Å². The van der Waals surface area contributed by atoms with E-state index in [2.05, 4.69) is 13.8 Å². The zero-order chi connectivity index (χ0) is 9.61. The number of hydrogen-bond donors (Lipinski definition) is 1. The fourth-order valence-electron chi connectivity index (χ4n) is 1.13. The maximum Gasteiger partial charge on any atom is 0.0801 e. The molecule has 0 rings (SSSR count). The molecular formula is C10H18OS. The number of rotatable bonds is 4. The van der Waals surface area contributed by atoms with Gasteiger partial charge in [-0.3, -0.25) is 0 Å². The van der Waals surface area contributed by atoms with Crippen LogP contribution in [0.25, 0.3) is 0 Å². The molecule has 0 spiro atoms. The maximum atomic E-state index is 9.22. The summed E-state index contributed by atoms with van der Waals surface area (Å²) >= 11 is 0.901. The normalized spacial score (nSPS) is 17.8. The monoisotopic (exact) mass is 186 g/mol. The predicted octanol–water partition coefficient (Wildman–Crippen LogP) is 3.74. The third-order valence-electron chi connectivity index (χ3n) is 1.91. The summed E-state index contributed by atoms with van der Waals surface area (Å²) in [7, 11) is 0. The first-order chi connectivity index (χ1) is 5.63. The summed E-state index contributed by atoms with van der Waals surface area (Å²) in [5, 5.41) is 0. The molecule has 12 heavy (non-hydrogen) atoms. The number of allylic oxidation sites excluding steroid dienone is 2. The Balaban J connectivity index is 4.75. The van der Waals surface area contributed by atoms with Gasteiger partial charge in [-0.15, -0.1) is 0 Å². The molecule has 0 fully saturated rings. The molecule has 70 valence electrons. The Kier molecular flexibility index (Phi) is 5.34. The van der Waals surface area contributed by atoms with Gasteiger partial charge in [0.25, 0.3) is 0 Å². The zero-order valence-corrected chi connectivity index (χ0v) is 9.06. The Labute approximate surface area is 79.8 Å². The fraction of sp³-hybridized carbons (Fsp3) is 0.600. The second-order valence-corrected chi connectivity index (χ2v) is 3.99. The van der Waals surface area contributed by atoms with Crippen molar-refractivity contribution in [2.75, 3.05) is 0 Å². The van der Waals surface area contributed by atoms with Crippen LogP contribution < -0.4 is 0 Å². The lowest BCUT2D eigenvalue weighted by molar-refractivity contribution is 0.550. The molecule has 0 amide bonds. The topological polar surface area (TPSA) is 20.2 Å². The molecule has 1 nitrogen and oxygen atoms in total. The van der Waals surface area contributed by atoms with E-state index in [1.54, 1.807) is 0 Å². The summed E-state index contributed by atoms with van der Waals surface area (Å²) in [5.74, 6) is 0.389. The van der Waals surface area contributed by atoms with E-state index in [1.165, 1.54) is 0 Å². The molecule has 0 saturated carbocycles. The van der Waals surface area contributed by atoms with Crippen LogP contribution in [0.3, 0.4) is 0 Å². The molecule has 0 aliphatic heterocycles. The van der Waals surface area contributed by atoms with E-state index in [0.717, 1.165) is 12.0 Å². The van der Waals surface area contributed by atoms with Gasteiger partial charge in [-0.1, -0.05) is 38.2 Å². The minimum Gasteiger partial charge on any atom is -0.329 e. The third kappa shape index (κ3) is 2.68. The largest absolute Gasteiger partial charge is 0.329 e. The molecule has 1 N–H and O–H groups in total. The molecule has 0 saturated heterocycles. The van der Waals surface area contributed by atoms with Gasteiger partial charge >= 0.3 is 0 Å². The number of hydrogen-bond acceptors (Lipinski definition) is 2. The average molecular weight is 186 g/mol. The summed E-state index contributed by atoms with van der Waals surface area (Å²) in [5.41, 5.74) is 0. The molecule has 0 aromatic heterocycles.